The maximum absolute atomic E-state index is 12.4. The van der Waals surface area contributed by atoms with Gasteiger partial charge in [-0.15, -0.1) is 0 Å². The molecule has 0 saturated carbocycles. The van der Waals surface area contributed by atoms with Crippen LogP contribution in [0.3, 0.4) is 0 Å². The van der Waals surface area contributed by atoms with Crippen LogP contribution in [-0.2, 0) is 0 Å². The van der Waals surface area contributed by atoms with Gasteiger partial charge < -0.3 is 15.8 Å². The molecule has 1 aliphatic rings. The van der Waals surface area contributed by atoms with Gasteiger partial charge in [-0.3, -0.25) is 4.79 Å². The van der Waals surface area contributed by atoms with Crippen molar-refractivity contribution in [2.75, 3.05) is 6.54 Å². The third-order valence-corrected chi connectivity index (χ3v) is 3.80. The lowest BCUT2D eigenvalue weighted by Crippen LogP contribution is -2.43. The van der Waals surface area contributed by atoms with E-state index in [0.717, 1.165) is 12.0 Å². The minimum absolute atomic E-state index is 0.0801. The molecule has 1 amide bonds. The predicted molar refractivity (Wildman–Crippen MR) is 73.7 cm³/mol. The summed E-state index contributed by atoms with van der Waals surface area (Å²) in [6, 6.07) is 4.83. The Balaban J connectivity index is 2.25. The van der Waals surface area contributed by atoms with Crippen molar-refractivity contribution in [1.29, 1.82) is 0 Å². The van der Waals surface area contributed by atoms with Crippen LogP contribution in [0.5, 0.6) is 0 Å². The van der Waals surface area contributed by atoms with Crippen LogP contribution in [0.25, 0.3) is 0 Å². The zero-order valence-electron chi connectivity index (χ0n) is 10.6. The first-order chi connectivity index (χ1) is 9.04. The molecule has 2 rings (SSSR count). The number of carbonyl (C=O) groups is 1. The molecule has 1 unspecified atom stereocenters. The summed E-state index contributed by atoms with van der Waals surface area (Å²) in [5.41, 5.74) is 7.05. The second-order valence-corrected chi connectivity index (χ2v) is 5.05. The Morgan fingerprint density at radius 3 is 2.95 bits per heavy atom. The van der Waals surface area contributed by atoms with Crippen molar-refractivity contribution in [3.8, 4) is 0 Å². The summed E-state index contributed by atoms with van der Waals surface area (Å²) >= 11 is 5.95. The van der Waals surface area contributed by atoms with Crippen LogP contribution in [0.2, 0.25) is 5.02 Å². The van der Waals surface area contributed by atoms with Crippen molar-refractivity contribution in [3.63, 3.8) is 0 Å². The fourth-order valence-corrected chi connectivity index (χ4v) is 2.45. The molecule has 1 saturated heterocycles. The fraction of sp³-hybridized carbons (Fsp3) is 0.385. The van der Waals surface area contributed by atoms with Gasteiger partial charge in [-0.2, -0.15) is 0 Å². The Morgan fingerprint density at radius 1 is 1.58 bits per heavy atom. The normalized spacial score (nSPS) is 19.8. The van der Waals surface area contributed by atoms with Gasteiger partial charge in [0.15, 0.2) is 5.84 Å². The summed E-state index contributed by atoms with van der Waals surface area (Å²) in [4.78, 5) is 14.1. The quantitative estimate of drug-likeness (QED) is 0.377. The lowest BCUT2D eigenvalue weighted by atomic mass is 10.1. The molecule has 5 nitrogen and oxygen atoms in total. The van der Waals surface area contributed by atoms with E-state index in [0.29, 0.717) is 23.6 Å². The maximum Gasteiger partial charge on any atom is 0.254 e. The number of oxime groups is 1. The molecule has 3 N–H and O–H groups in total. The van der Waals surface area contributed by atoms with Crippen LogP contribution in [0, 0.1) is 6.92 Å². The number of nitrogens with two attached hydrogens (primary N) is 1. The highest BCUT2D eigenvalue weighted by molar-refractivity contribution is 6.31. The van der Waals surface area contributed by atoms with Gasteiger partial charge in [0.1, 0.15) is 0 Å². The van der Waals surface area contributed by atoms with Gasteiger partial charge in [0, 0.05) is 17.1 Å². The van der Waals surface area contributed by atoms with E-state index in [1.807, 2.05) is 6.92 Å². The molecule has 0 bridgehead atoms. The number of hydrogen-bond acceptors (Lipinski definition) is 3. The van der Waals surface area contributed by atoms with Crippen LogP contribution in [0.15, 0.2) is 23.4 Å². The maximum atomic E-state index is 12.4. The van der Waals surface area contributed by atoms with Crippen molar-refractivity contribution >= 4 is 23.3 Å². The molecule has 102 valence electrons. The molecule has 1 aromatic carbocycles. The van der Waals surface area contributed by atoms with Gasteiger partial charge in [-0.1, -0.05) is 16.8 Å². The van der Waals surface area contributed by atoms with E-state index >= 15 is 0 Å². The molecule has 1 aromatic rings. The fourth-order valence-electron chi connectivity index (χ4n) is 2.33. The van der Waals surface area contributed by atoms with Crippen molar-refractivity contribution in [3.05, 3.63) is 34.3 Å². The first-order valence-electron chi connectivity index (χ1n) is 6.09. The smallest absolute Gasteiger partial charge is 0.254 e. The van der Waals surface area contributed by atoms with E-state index in [9.17, 15) is 4.79 Å². The molecule has 0 spiro atoms. The third kappa shape index (κ3) is 2.66. The molecule has 1 aliphatic heterocycles. The van der Waals surface area contributed by atoms with Gasteiger partial charge in [-0.25, -0.2) is 0 Å². The summed E-state index contributed by atoms with van der Waals surface area (Å²) in [7, 11) is 0. The minimum Gasteiger partial charge on any atom is -0.409 e. The van der Waals surface area contributed by atoms with Crippen molar-refractivity contribution in [2.45, 2.75) is 25.8 Å². The number of carbonyl (C=O) groups excluding carboxylic acids is 1. The van der Waals surface area contributed by atoms with Crippen LogP contribution < -0.4 is 5.73 Å². The number of nitrogens with zero attached hydrogens (tertiary/aromatic N) is 2. The zero-order valence-corrected chi connectivity index (χ0v) is 11.4. The second kappa shape index (κ2) is 5.48. The van der Waals surface area contributed by atoms with E-state index < -0.39 is 0 Å². The molecule has 19 heavy (non-hydrogen) atoms. The van der Waals surface area contributed by atoms with E-state index in [1.54, 1.807) is 23.1 Å². The van der Waals surface area contributed by atoms with Gasteiger partial charge in [0.05, 0.1) is 6.04 Å². The molecule has 0 aromatic heterocycles. The largest absolute Gasteiger partial charge is 0.409 e. The summed E-state index contributed by atoms with van der Waals surface area (Å²) in [5, 5.41) is 12.4. The van der Waals surface area contributed by atoms with E-state index in [4.69, 9.17) is 22.5 Å². The number of aryl methyl sites for hydroxylation is 1. The Hall–Kier alpha value is -1.75. The first kappa shape index (κ1) is 13.7. The molecule has 6 heteroatoms. The Labute approximate surface area is 116 Å². The predicted octanol–water partition coefficient (Wildman–Crippen LogP) is 2.00. The van der Waals surface area contributed by atoms with Gasteiger partial charge in [0.25, 0.3) is 5.91 Å². The number of likely N-dealkylation sites (tertiary alicyclic amines) is 1. The van der Waals surface area contributed by atoms with E-state index in [2.05, 4.69) is 5.16 Å². The Kier molecular flexibility index (Phi) is 3.95. The third-order valence-electron chi connectivity index (χ3n) is 3.38. The van der Waals surface area contributed by atoms with Crippen LogP contribution >= 0.6 is 11.6 Å². The number of amidine groups is 1. The topological polar surface area (TPSA) is 78.9 Å². The monoisotopic (exact) mass is 281 g/mol. The number of rotatable bonds is 2. The minimum atomic E-state index is -0.325. The highest BCUT2D eigenvalue weighted by atomic mass is 35.5. The lowest BCUT2D eigenvalue weighted by molar-refractivity contribution is 0.0768. The second-order valence-electron chi connectivity index (χ2n) is 4.65. The lowest BCUT2D eigenvalue weighted by Gasteiger charge is -2.23. The van der Waals surface area contributed by atoms with E-state index in [1.165, 1.54) is 0 Å². The summed E-state index contributed by atoms with van der Waals surface area (Å²) in [6.07, 6.45) is 1.56. The van der Waals surface area contributed by atoms with Crippen molar-refractivity contribution in [2.24, 2.45) is 10.9 Å². The van der Waals surface area contributed by atoms with E-state index in [-0.39, 0.29) is 17.8 Å². The number of hydrogen-bond donors (Lipinski definition) is 2. The molecular formula is C13H16ClN3O2. The SMILES string of the molecule is Cc1cc(C(=O)N2CCCC2/C(N)=N/O)ccc1Cl. The first-order valence-corrected chi connectivity index (χ1v) is 6.47. The number of amides is 1. The van der Waals surface area contributed by atoms with Gasteiger partial charge in [0.2, 0.25) is 0 Å². The average Bonchev–Trinajstić information content (AvgIpc) is 2.89. The highest BCUT2D eigenvalue weighted by Crippen LogP contribution is 2.22. The number of halogens is 1. The molecule has 1 heterocycles. The van der Waals surface area contributed by atoms with Crippen molar-refractivity contribution < 1.29 is 10.0 Å². The summed E-state index contributed by atoms with van der Waals surface area (Å²) in [5.74, 6) is -0.0367. The van der Waals surface area contributed by atoms with Crippen molar-refractivity contribution in [1.82, 2.24) is 4.90 Å². The summed E-state index contributed by atoms with van der Waals surface area (Å²) < 4.78 is 0. The molecule has 1 fully saturated rings. The molecular weight excluding hydrogens is 266 g/mol. The van der Waals surface area contributed by atoms with Gasteiger partial charge in [-0.05, 0) is 43.5 Å². The van der Waals surface area contributed by atoms with Crippen LogP contribution in [0.4, 0.5) is 0 Å². The number of benzene rings is 1. The highest BCUT2D eigenvalue weighted by Gasteiger charge is 2.32. The molecule has 1 atom stereocenters. The zero-order chi connectivity index (χ0) is 14.0. The van der Waals surface area contributed by atoms with Gasteiger partial charge >= 0.3 is 0 Å². The summed E-state index contributed by atoms with van der Waals surface area (Å²) in [6.45, 7) is 2.46. The average molecular weight is 282 g/mol. The Morgan fingerprint density at radius 2 is 2.32 bits per heavy atom. The standard InChI is InChI=1S/C13H16ClN3O2/c1-8-7-9(4-5-10(8)14)13(18)17-6-2-3-11(17)12(15)16-19/h4-5,7,11,19H,2-3,6H2,1H3,(H2,15,16). The molecule has 0 aliphatic carbocycles. The van der Waals surface area contributed by atoms with Crippen LogP contribution in [-0.4, -0.2) is 34.4 Å². The van der Waals surface area contributed by atoms with Crippen LogP contribution in [0.1, 0.15) is 28.8 Å². The molecule has 0 radical (unpaired) electrons. The Bertz CT molecular complexity index is 531.